The lowest BCUT2D eigenvalue weighted by Crippen LogP contribution is -2.56. The summed E-state index contributed by atoms with van der Waals surface area (Å²) in [5.74, 6) is -2.25. The molecule has 1 saturated carbocycles. The van der Waals surface area contributed by atoms with Crippen molar-refractivity contribution in [1.29, 1.82) is 0 Å². The van der Waals surface area contributed by atoms with E-state index in [1.807, 2.05) is 0 Å². The van der Waals surface area contributed by atoms with Crippen LogP contribution in [0.1, 0.15) is 36.7 Å². The van der Waals surface area contributed by atoms with Crippen molar-refractivity contribution in [2.75, 3.05) is 37.7 Å². The molecule has 1 aromatic rings. The number of carbonyl (C=O) groups excluding carboxylic acids is 1. The number of aliphatic hydroxyl groups is 1. The first-order chi connectivity index (χ1) is 12.2. The summed E-state index contributed by atoms with van der Waals surface area (Å²) in [5.41, 5.74) is -0.171. The van der Waals surface area contributed by atoms with Crippen molar-refractivity contribution in [3.05, 3.63) is 17.8 Å². The molecule has 1 atom stereocenters. The van der Waals surface area contributed by atoms with E-state index in [0.717, 1.165) is 12.8 Å². The third-order valence-corrected chi connectivity index (χ3v) is 5.14. The number of likely N-dealkylation sites (tertiary alicyclic amines) is 1. The van der Waals surface area contributed by atoms with Gasteiger partial charge in [0.05, 0.1) is 25.3 Å². The van der Waals surface area contributed by atoms with Gasteiger partial charge in [-0.3, -0.25) is 4.79 Å². The Balaban J connectivity index is 1.54. The maximum atomic E-state index is 13.2. The third kappa shape index (κ3) is 3.60. The highest BCUT2D eigenvalue weighted by molar-refractivity contribution is 5.93. The number of alkyl halides is 2. The predicted octanol–water partition coefficient (Wildman–Crippen LogP) is 1.92. The Labute approximate surface area is 150 Å². The number of β-amino-alcohol motifs (C(OH)–C–C–N with tert-alkyl or cyclic N) is 1. The lowest BCUT2D eigenvalue weighted by molar-refractivity contribution is -0.0265. The minimum Gasteiger partial charge on any atom is -0.476 e. The molecule has 2 saturated heterocycles. The molecular formula is C18H23F2N3O3. The van der Waals surface area contributed by atoms with Gasteiger partial charge in [-0.25, -0.2) is 13.8 Å². The number of anilines is 1. The van der Waals surface area contributed by atoms with Crippen LogP contribution in [0.4, 0.5) is 14.5 Å². The summed E-state index contributed by atoms with van der Waals surface area (Å²) in [6, 6.07) is 3.18. The van der Waals surface area contributed by atoms with E-state index in [4.69, 9.17) is 4.74 Å². The van der Waals surface area contributed by atoms with Crippen molar-refractivity contribution in [3.8, 4) is 5.88 Å². The van der Waals surface area contributed by atoms with Crippen LogP contribution in [0.25, 0.3) is 0 Å². The first-order valence-electron chi connectivity index (χ1n) is 9.01. The second-order valence-corrected chi connectivity index (χ2v) is 7.96. The molecule has 142 valence electrons. The first-order valence-corrected chi connectivity index (χ1v) is 9.01. The number of ether oxygens (including phenoxy) is 1. The van der Waals surface area contributed by atoms with E-state index in [0.29, 0.717) is 31.2 Å². The summed E-state index contributed by atoms with van der Waals surface area (Å²) >= 11 is 0. The van der Waals surface area contributed by atoms with Crippen molar-refractivity contribution < 1.29 is 23.4 Å². The van der Waals surface area contributed by atoms with Crippen molar-refractivity contribution in [1.82, 2.24) is 9.88 Å². The number of halogens is 2. The number of aromatic nitrogens is 1. The van der Waals surface area contributed by atoms with Gasteiger partial charge in [0.1, 0.15) is 11.4 Å². The lowest BCUT2D eigenvalue weighted by atomic mass is 10.1. The van der Waals surface area contributed by atoms with Crippen LogP contribution >= 0.6 is 0 Å². The summed E-state index contributed by atoms with van der Waals surface area (Å²) < 4.78 is 32.2. The van der Waals surface area contributed by atoms with E-state index >= 15 is 0 Å². The smallest absolute Gasteiger partial charge is 0.282 e. The van der Waals surface area contributed by atoms with Crippen molar-refractivity contribution in [2.45, 2.75) is 37.7 Å². The average molecular weight is 367 g/mol. The second kappa shape index (κ2) is 6.04. The molecule has 1 amide bonds. The first kappa shape index (κ1) is 17.5. The fourth-order valence-electron chi connectivity index (χ4n) is 3.34. The van der Waals surface area contributed by atoms with E-state index < -0.39 is 11.5 Å². The fourth-order valence-corrected chi connectivity index (χ4v) is 3.34. The number of rotatable bonds is 5. The van der Waals surface area contributed by atoms with Crippen LogP contribution in [0.3, 0.4) is 0 Å². The third-order valence-electron chi connectivity index (χ3n) is 5.14. The molecular weight excluding hydrogens is 344 g/mol. The molecule has 1 aromatic heterocycles. The average Bonchev–Trinajstić information content (AvgIpc) is 3.31. The molecule has 6 nitrogen and oxygen atoms in total. The van der Waals surface area contributed by atoms with Gasteiger partial charge in [-0.1, -0.05) is 0 Å². The summed E-state index contributed by atoms with van der Waals surface area (Å²) in [6.07, 6.45) is 2.71. The van der Waals surface area contributed by atoms with Gasteiger partial charge in [0.2, 0.25) is 5.88 Å². The number of carbonyl (C=O) groups is 1. The highest BCUT2D eigenvalue weighted by Crippen LogP contribution is 2.38. The van der Waals surface area contributed by atoms with E-state index in [1.165, 1.54) is 4.90 Å². The monoisotopic (exact) mass is 367 g/mol. The summed E-state index contributed by atoms with van der Waals surface area (Å²) in [6.45, 7) is 2.18. The van der Waals surface area contributed by atoms with Gasteiger partial charge in [-0.2, -0.15) is 0 Å². The zero-order chi connectivity index (χ0) is 18.5. The van der Waals surface area contributed by atoms with Crippen LogP contribution in [0.5, 0.6) is 5.88 Å². The van der Waals surface area contributed by atoms with E-state index in [-0.39, 0.29) is 37.1 Å². The number of hydrogen-bond donors (Lipinski definition) is 1. The van der Waals surface area contributed by atoms with Gasteiger partial charge in [-0.05, 0) is 44.2 Å². The van der Waals surface area contributed by atoms with E-state index in [2.05, 4.69) is 4.98 Å². The Morgan fingerprint density at radius 2 is 2.08 bits per heavy atom. The van der Waals surface area contributed by atoms with Gasteiger partial charge in [0, 0.05) is 13.1 Å². The van der Waals surface area contributed by atoms with Crippen molar-refractivity contribution >= 4 is 11.6 Å². The van der Waals surface area contributed by atoms with Crippen LogP contribution in [-0.4, -0.2) is 65.2 Å². The normalized spacial score (nSPS) is 27.4. The molecule has 1 unspecified atom stereocenters. The van der Waals surface area contributed by atoms with Crippen molar-refractivity contribution in [3.63, 3.8) is 0 Å². The molecule has 4 rings (SSSR count). The molecule has 0 spiro atoms. The van der Waals surface area contributed by atoms with Gasteiger partial charge in [0.15, 0.2) is 0 Å². The largest absolute Gasteiger partial charge is 0.476 e. The van der Waals surface area contributed by atoms with Crippen LogP contribution < -0.4 is 9.64 Å². The standard InChI is InChI=1S/C18H23F2N3O3/c1-17(25)6-7-22(9-17)16(24)13-4-5-14(23-10-18(19,20)11-23)15(21-13)26-8-12-2-3-12/h4-5,12,25H,2-3,6-11H2,1H3. The van der Waals surface area contributed by atoms with E-state index in [1.54, 1.807) is 24.0 Å². The number of pyridine rings is 1. The lowest BCUT2D eigenvalue weighted by Gasteiger charge is -2.40. The SMILES string of the molecule is CC1(O)CCN(C(=O)c2ccc(N3CC(F)(F)C3)c(OCC3CC3)n2)C1. The minimum atomic E-state index is -2.69. The molecule has 8 heteroatoms. The van der Waals surface area contributed by atoms with Crippen LogP contribution in [-0.2, 0) is 0 Å². The fraction of sp³-hybridized carbons (Fsp3) is 0.667. The number of amides is 1. The van der Waals surface area contributed by atoms with Gasteiger partial charge in [-0.15, -0.1) is 0 Å². The Hall–Kier alpha value is -1.96. The zero-order valence-electron chi connectivity index (χ0n) is 14.8. The Bertz CT molecular complexity index is 714. The highest BCUT2D eigenvalue weighted by atomic mass is 19.3. The van der Waals surface area contributed by atoms with Crippen molar-refractivity contribution in [2.24, 2.45) is 5.92 Å². The number of nitrogens with zero attached hydrogens (tertiary/aromatic N) is 3. The molecule has 26 heavy (non-hydrogen) atoms. The van der Waals surface area contributed by atoms with Gasteiger partial charge >= 0.3 is 0 Å². The molecule has 2 aliphatic heterocycles. The van der Waals surface area contributed by atoms with Gasteiger partial charge < -0.3 is 19.6 Å². The molecule has 3 heterocycles. The van der Waals surface area contributed by atoms with Crippen LogP contribution in [0.15, 0.2) is 12.1 Å². The maximum absolute atomic E-state index is 13.2. The molecule has 0 radical (unpaired) electrons. The molecule has 3 aliphatic rings. The quantitative estimate of drug-likeness (QED) is 0.861. The Kier molecular flexibility index (Phi) is 4.06. The van der Waals surface area contributed by atoms with Crippen LogP contribution in [0, 0.1) is 5.92 Å². The Morgan fingerprint density at radius 3 is 2.65 bits per heavy atom. The van der Waals surface area contributed by atoms with Crippen LogP contribution in [0.2, 0.25) is 0 Å². The molecule has 0 bridgehead atoms. The number of hydrogen-bond acceptors (Lipinski definition) is 5. The zero-order valence-corrected chi connectivity index (χ0v) is 14.8. The molecule has 1 N–H and O–H groups in total. The second-order valence-electron chi connectivity index (χ2n) is 7.96. The summed E-state index contributed by atoms with van der Waals surface area (Å²) in [4.78, 5) is 20.1. The Morgan fingerprint density at radius 1 is 1.35 bits per heavy atom. The minimum absolute atomic E-state index is 0.213. The highest BCUT2D eigenvalue weighted by Gasteiger charge is 2.45. The topological polar surface area (TPSA) is 65.9 Å². The van der Waals surface area contributed by atoms with Gasteiger partial charge in [0.25, 0.3) is 11.8 Å². The molecule has 3 fully saturated rings. The predicted molar refractivity (Wildman–Crippen MR) is 90.8 cm³/mol. The maximum Gasteiger partial charge on any atom is 0.282 e. The molecule has 1 aliphatic carbocycles. The summed E-state index contributed by atoms with van der Waals surface area (Å²) in [7, 11) is 0. The molecule has 0 aromatic carbocycles. The summed E-state index contributed by atoms with van der Waals surface area (Å²) in [5, 5.41) is 10.1. The van der Waals surface area contributed by atoms with E-state index in [9.17, 15) is 18.7 Å².